The minimum absolute atomic E-state index is 0.0204. The number of aldehydes is 1. The first-order valence-electron chi connectivity index (χ1n) is 14.4. The van der Waals surface area contributed by atoms with Gasteiger partial charge in [0.05, 0.1) is 24.8 Å². The van der Waals surface area contributed by atoms with Gasteiger partial charge in [0, 0.05) is 30.0 Å². The zero-order valence-corrected chi connectivity index (χ0v) is 24.7. The molecule has 3 N–H and O–H groups in total. The molecule has 1 aromatic carbocycles. The fourth-order valence-electron chi connectivity index (χ4n) is 5.08. The summed E-state index contributed by atoms with van der Waals surface area (Å²) in [6.07, 6.45) is 3.57. The molecule has 2 aliphatic carbocycles. The van der Waals surface area contributed by atoms with Crippen molar-refractivity contribution in [1.29, 1.82) is 0 Å². The smallest absolute Gasteiger partial charge is 0.421 e. The molecular formula is C29H42F3N7O3. The van der Waals surface area contributed by atoms with Gasteiger partial charge in [-0.05, 0) is 91.3 Å². The Kier molecular flexibility index (Phi) is 11.0. The summed E-state index contributed by atoms with van der Waals surface area (Å²) in [5.74, 6) is -0.00394. The van der Waals surface area contributed by atoms with Crippen LogP contribution in [0.1, 0.15) is 60.9 Å². The average Bonchev–Trinajstić information content (AvgIpc) is 3.69. The SMILES string of the molecule is CN1CCC(N(C)C)CC1.COc1cc(Nc2ncc(C(F)(F)F)c(NC3CCCC3ONC3CC3)n2)ccc1C=O. The summed E-state index contributed by atoms with van der Waals surface area (Å²) in [6.45, 7) is 2.53. The maximum atomic E-state index is 13.6. The van der Waals surface area contributed by atoms with Gasteiger partial charge in [-0.1, -0.05) is 0 Å². The second kappa shape index (κ2) is 14.5. The number of likely N-dealkylation sites (tertiary alicyclic amines) is 1. The van der Waals surface area contributed by atoms with Crippen LogP contribution in [-0.4, -0.2) is 91.6 Å². The molecule has 3 fully saturated rings. The van der Waals surface area contributed by atoms with Crippen LogP contribution in [0, 0.1) is 0 Å². The number of carbonyl (C=O) groups excluding carboxylic acids is 1. The van der Waals surface area contributed by atoms with E-state index in [0.717, 1.165) is 37.9 Å². The van der Waals surface area contributed by atoms with E-state index in [0.29, 0.717) is 35.7 Å². The Morgan fingerprint density at radius 1 is 1.10 bits per heavy atom. The molecule has 0 radical (unpaired) electrons. The van der Waals surface area contributed by atoms with Gasteiger partial charge in [-0.15, -0.1) is 0 Å². The first-order chi connectivity index (χ1) is 20.1. The summed E-state index contributed by atoms with van der Waals surface area (Å²) >= 11 is 0. The normalized spacial score (nSPS) is 21.5. The summed E-state index contributed by atoms with van der Waals surface area (Å²) in [5, 5.41) is 5.79. The van der Waals surface area contributed by atoms with Gasteiger partial charge in [0.2, 0.25) is 5.95 Å². The fraction of sp³-hybridized carbons (Fsp3) is 0.621. The van der Waals surface area contributed by atoms with Gasteiger partial charge in [0.15, 0.2) is 6.29 Å². The number of hydroxylamine groups is 1. The number of ether oxygens (including phenoxy) is 1. The summed E-state index contributed by atoms with van der Waals surface area (Å²) in [6, 6.07) is 5.52. The second-order valence-corrected chi connectivity index (χ2v) is 11.4. The van der Waals surface area contributed by atoms with Crippen LogP contribution in [0.15, 0.2) is 24.4 Å². The van der Waals surface area contributed by atoms with E-state index in [1.54, 1.807) is 12.1 Å². The molecule has 13 heteroatoms. The predicted octanol–water partition coefficient (Wildman–Crippen LogP) is 4.72. The Balaban J connectivity index is 0.000000343. The van der Waals surface area contributed by atoms with E-state index in [2.05, 4.69) is 57.0 Å². The Morgan fingerprint density at radius 2 is 1.83 bits per heavy atom. The quantitative estimate of drug-likeness (QED) is 0.265. The Morgan fingerprint density at radius 3 is 2.45 bits per heavy atom. The summed E-state index contributed by atoms with van der Waals surface area (Å²) in [4.78, 5) is 29.4. The fourth-order valence-corrected chi connectivity index (χ4v) is 5.08. The first-order valence-corrected chi connectivity index (χ1v) is 14.4. The van der Waals surface area contributed by atoms with Crippen molar-refractivity contribution >= 4 is 23.7 Å². The number of alkyl halides is 3. The van der Waals surface area contributed by atoms with E-state index in [-0.39, 0.29) is 23.9 Å². The first kappa shape index (κ1) is 31.9. The van der Waals surface area contributed by atoms with Crippen LogP contribution in [0.5, 0.6) is 5.75 Å². The van der Waals surface area contributed by atoms with Crippen molar-refractivity contribution in [2.24, 2.45) is 0 Å². The minimum Gasteiger partial charge on any atom is -0.496 e. The number of aromatic nitrogens is 2. The van der Waals surface area contributed by atoms with Crippen molar-refractivity contribution in [2.45, 2.75) is 75.4 Å². The monoisotopic (exact) mass is 593 g/mol. The zero-order chi connectivity index (χ0) is 30.3. The molecule has 2 unspecified atom stereocenters. The molecule has 3 aliphatic rings. The molecule has 0 bridgehead atoms. The standard InChI is InChI=1S/C21H24F3N5O3.C8H18N2/c1-31-18-9-14(6-5-12(18)11-30)26-20-25-10-15(21(22,23)24)19(28-20)27-16-3-2-4-17(16)32-29-13-7-8-13;1-9(2)8-4-6-10(3)7-5-8/h5-6,9-11,13,16-17,29H,2-4,7-8H2,1H3,(H2,25,26,27,28);8H,4-7H2,1-3H3. The maximum absolute atomic E-state index is 13.6. The van der Waals surface area contributed by atoms with Gasteiger partial charge in [0.1, 0.15) is 17.1 Å². The van der Waals surface area contributed by atoms with Gasteiger partial charge < -0.3 is 25.2 Å². The van der Waals surface area contributed by atoms with Crippen molar-refractivity contribution in [2.75, 3.05) is 52.0 Å². The molecule has 2 aromatic rings. The number of anilines is 3. The number of halogens is 3. The number of rotatable bonds is 10. The van der Waals surface area contributed by atoms with Gasteiger partial charge in [-0.25, -0.2) is 4.98 Å². The van der Waals surface area contributed by atoms with E-state index >= 15 is 0 Å². The van der Waals surface area contributed by atoms with Crippen molar-refractivity contribution in [3.05, 3.63) is 35.5 Å². The summed E-state index contributed by atoms with van der Waals surface area (Å²) in [7, 11) is 7.97. The number of carbonyl (C=O) groups is 1. The van der Waals surface area contributed by atoms with Gasteiger partial charge in [0.25, 0.3) is 0 Å². The van der Waals surface area contributed by atoms with Gasteiger partial charge >= 0.3 is 6.18 Å². The number of methoxy groups -OCH3 is 1. The van der Waals surface area contributed by atoms with E-state index in [9.17, 15) is 18.0 Å². The van der Waals surface area contributed by atoms with Gasteiger partial charge in [-0.2, -0.15) is 23.6 Å². The molecule has 1 aromatic heterocycles. The highest BCUT2D eigenvalue weighted by Crippen LogP contribution is 2.36. The van der Waals surface area contributed by atoms with Crippen LogP contribution >= 0.6 is 0 Å². The highest BCUT2D eigenvalue weighted by atomic mass is 19.4. The number of hydrogen-bond acceptors (Lipinski definition) is 10. The van der Waals surface area contributed by atoms with E-state index < -0.39 is 11.7 Å². The largest absolute Gasteiger partial charge is 0.496 e. The van der Waals surface area contributed by atoms with Crippen LogP contribution in [0.25, 0.3) is 0 Å². The van der Waals surface area contributed by atoms with Gasteiger partial charge in [-0.3, -0.25) is 9.63 Å². The summed E-state index contributed by atoms with van der Waals surface area (Å²) in [5.41, 5.74) is 2.85. The number of benzene rings is 1. The summed E-state index contributed by atoms with van der Waals surface area (Å²) < 4.78 is 45.9. The van der Waals surface area contributed by atoms with Crippen LogP contribution < -0.4 is 20.9 Å². The van der Waals surface area contributed by atoms with Crippen molar-refractivity contribution < 1.29 is 27.5 Å². The molecule has 232 valence electrons. The third-order valence-corrected chi connectivity index (χ3v) is 7.87. The third-order valence-electron chi connectivity index (χ3n) is 7.87. The average molecular weight is 594 g/mol. The topological polar surface area (TPSA) is 104 Å². The number of nitrogens with one attached hydrogen (secondary N) is 3. The maximum Gasteiger partial charge on any atom is 0.421 e. The van der Waals surface area contributed by atoms with E-state index in [1.165, 1.54) is 39.1 Å². The molecule has 10 nitrogen and oxygen atoms in total. The highest BCUT2D eigenvalue weighted by Gasteiger charge is 2.38. The van der Waals surface area contributed by atoms with E-state index in [1.807, 2.05) is 0 Å². The lowest BCUT2D eigenvalue weighted by atomic mass is 10.1. The van der Waals surface area contributed by atoms with Crippen molar-refractivity contribution in [3.8, 4) is 5.75 Å². The molecule has 42 heavy (non-hydrogen) atoms. The van der Waals surface area contributed by atoms with Crippen LogP contribution in [-0.2, 0) is 11.0 Å². The molecule has 1 aliphatic heterocycles. The lowest BCUT2D eigenvalue weighted by Crippen LogP contribution is -2.40. The molecule has 2 saturated carbocycles. The Labute approximate surface area is 245 Å². The zero-order valence-electron chi connectivity index (χ0n) is 24.7. The molecule has 5 rings (SSSR count). The van der Waals surface area contributed by atoms with Crippen LogP contribution in [0.4, 0.5) is 30.6 Å². The molecule has 0 spiro atoms. The number of hydrogen-bond donors (Lipinski definition) is 3. The molecule has 2 heterocycles. The van der Waals surface area contributed by atoms with E-state index in [4.69, 9.17) is 9.57 Å². The van der Waals surface area contributed by atoms with Crippen molar-refractivity contribution in [1.82, 2.24) is 25.2 Å². The third kappa shape index (κ3) is 9.00. The highest BCUT2D eigenvalue weighted by molar-refractivity contribution is 5.81. The van der Waals surface area contributed by atoms with Crippen molar-refractivity contribution in [3.63, 3.8) is 0 Å². The number of piperidine rings is 1. The molecular weight excluding hydrogens is 551 g/mol. The Bertz CT molecular complexity index is 1170. The lowest BCUT2D eigenvalue weighted by molar-refractivity contribution is -0.137. The predicted molar refractivity (Wildman–Crippen MR) is 155 cm³/mol. The lowest BCUT2D eigenvalue weighted by Gasteiger charge is -2.32. The Hall–Kier alpha value is -3.00. The molecule has 0 amide bonds. The molecule has 1 saturated heterocycles. The number of nitrogens with zero attached hydrogens (tertiary/aromatic N) is 4. The minimum atomic E-state index is -4.61. The van der Waals surface area contributed by atoms with Crippen LogP contribution in [0.3, 0.4) is 0 Å². The molecule has 2 atom stereocenters. The van der Waals surface area contributed by atoms with Crippen LogP contribution in [0.2, 0.25) is 0 Å². The second-order valence-electron chi connectivity index (χ2n) is 11.4.